The third kappa shape index (κ3) is 14.9. The maximum atomic E-state index is 8.49. The molecule has 9 nitrogen and oxygen atoms in total. The second-order valence-electron chi connectivity index (χ2n) is 8.12. The first kappa shape index (κ1) is 29.0. The normalized spacial score (nSPS) is 12.3. The van der Waals surface area contributed by atoms with E-state index in [1.54, 1.807) is 0 Å². The smallest absolute Gasteiger partial charge is 0.219 e. The van der Waals surface area contributed by atoms with Crippen molar-refractivity contribution < 1.29 is 62.7 Å². The summed E-state index contributed by atoms with van der Waals surface area (Å²) in [7, 11) is -9.89. The summed E-state index contributed by atoms with van der Waals surface area (Å²) in [4.78, 5) is 5.97. The van der Waals surface area contributed by atoms with Gasteiger partial charge in [0.2, 0.25) is 21.1 Å². The SMILES string of the molecule is CC(C)(C)c1cc(-c2cc[nH+]cc2)cc(C(C)(C)C)[s+]1.[O-][Cl+3]([O-])([O-])[O-].[O-][Cl+3]([O-])([O-])[O-]. The molecule has 0 spiro atoms. The van der Waals surface area contributed by atoms with Gasteiger partial charge in [0, 0.05) is 35.1 Å². The third-order valence-electron chi connectivity index (χ3n) is 3.32. The van der Waals surface area contributed by atoms with Crippen LogP contribution in [-0.2, 0) is 10.8 Å². The molecule has 30 heavy (non-hydrogen) atoms. The number of pyridine rings is 1. The summed E-state index contributed by atoms with van der Waals surface area (Å²) in [5.41, 5.74) is 2.95. The van der Waals surface area contributed by atoms with Gasteiger partial charge in [0.05, 0.1) is 0 Å². The molecule has 0 bridgehead atoms. The number of hydrogen-bond acceptors (Lipinski definition) is 8. The van der Waals surface area contributed by atoms with E-state index in [1.165, 1.54) is 20.9 Å². The van der Waals surface area contributed by atoms with Crippen LogP contribution in [0.5, 0.6) is 0 Å². The fourth-order valence-electron chi connectivity index (χ4n) is 1.99. The summed E-state index contributed by atoms with van der Waals surface area (Å²) >= 11 is 1.94. The Morgan fingerprint density at radius 2 is 0.933 bits per heavy atom. The monoisotopic (exact) mass is 485 g/mol. The maximum absolute atomic E-state index is 8.49. The second kappa shape index (κ2) is 11.0. The van der Waals surface area contributed by atoms with Crippen molar-refractivity contribution in [2.75, 3.05) is 0 Å². The highest BCUT2D eigenvalue weighted by Gasteiger charge is 2.32. The molecule has 2 rings (SSSR count). The minimum absolute atomic E-state index is 0.182. The van der Waals surface area contributed by atoms with Gasteiger partial charge in [-0.1, -0.05) is 41.5 Å². The average Bonchev–Trinajstić information content (AvgIpc) is 2.50. The fraction of sp³-hybridized carbons (Fsp3) is 0.444. The molecule has 2 aromatic heterocycles. The van der Waals surface area contributed by atoms with Crippen LogP contribution < -0.4 is 42.3 Å². The van der Waals surface area contributed by atoms with Crippen molar-refractivity contribution in [2.24, 2.45) is 0 Å². The molecule has 0 radical (unpaired) electrons. The van der Waals surface area contributed by atoms with Crippen molar-refractivity contribution in [3.05, 3.63) is 46.4 Å². The molecule has 0 aliphatic rings. The largest absolute Gasteiger partial charge is 0.222 e. The molecule has 0 fully saturated rings. The van der Waals surface area contributed by atoms with Crippen LogP contribution in [0.15, 0.2) is 36.7 Å². The first-order valence-corrected chi connectivity index (χ1v) is 11.7. The second-order valence-corrected chi connectivity index (χ2v) is 10.7. The van der Waals surface area contributed by atoms with Gasteiger partial charge in [0.1, 0.15) is 0 Å². The Balaban J connectivity index is 0.000000702. The Hall–Kier alpha value is -1.02. The molecule has 12 heteroatoms. The van der Waals surface area contributed by atoms with Gasteiger partial charge in [-0.15, -0.1) is 20.5 Å². The van der Waals surface area contributed by atoms with Crippen LogP contribution in [-0.4, -0.2) is 0 Å². The van der Waals surface area contributed by atoms with E-state index in [0.717, 1.165) is 0 Å². The van der Waals surface area contributed by atoms with Gasteiger partial charge in [-0.05, 0) is 11.1 Å². The molecule has 0 unspecified atom stereocenters. The molecule has 170 valence electrons. The number of aromatic amines is 1. The molecule has 2 heterocycles. The third-order valence-corrected chi connectivity index (χ3v) is 5.22. The highest BCUT2D eigenvalue weighted by atomic mass is 35.7. The lowest BCUT2D eigenvalue weighted by molar-refractivity contribution is -2.00. The van der Waals surface area contributed by atoms with Crippen molar-refractivity contribution in [3.8, 4) is 11.1 Å². The van der Waals surface area contributed by atoms with Crippen molar-refractivity contribution in [3.63, 3.8) is 0 Å². The first-order chi connectivity index (χ1) is 13.2. The molecule has 0 saturated heterocycles. The van der Waals surface area contributed by atoms with Gasteiger partial charge in [-0.2, -0.15) is 0 Å². The fourth-order valence-corrected chi connectivity index (χ4v) is 3.21. The van der Waals surface area contributed by atoms with Crippen molar-refractivity contribution in [1.29, 1.82) is 0 Å². The van der Waals surface area contributed by atoms with Gasteiger partial charge >= 0.3 is 0 Å². The summed E-state index contributed by atoms with van der Waals surface area (Å²) in [6, 6.07) is 8.96. The minimum atomic E-state index is -4.94. The van der Waals surface area contributed by atoms with E-state index in [9.17, 15) is 0 Å². The standard InChI is InChI=1S/C18H24NS.2ClHO4/c1-17(2,3)15-11-14(13-7-9-19-10-8-13)12-16(20-15)18(4,5)6;2*2-1(3,4)5/h7-12H,1-6H3;2*(H,2,3,4,5)/q+1;;/p-1. The molecule has 0 atom stereocenters. The number of halogens is 2. The average molecular weight is 486 g/mol. The lowest BCUT2D eigenvalue weighted by Crippen LogP contribution is -2.68. The van der Waals surface area contributed by atoms with Crippen LogP contribution in [0.4, 0.5) is 0 Å². The molecule has 0 saturated carbocycles. The van der Waals surface area contributed by atoms with Gasteiger partial charge < -0.3 is 0 Å². The zero-order valence-corrected chi connectivity index (χ0v) is 19.7. The minimum Gasteiger partial charge on any atom is -0.222 e. The number of rotatable bonds is 1. The van der Waals surface area contributed by atoms with E-state index in [-0.39, 0.29) is 10.8 Å². The lowest BCUT2D eigenvalue weighted by atomic mass is 9.90. The Kier molecular flexibility index (Phi) is 10.7. The predicted octanol–water partition coefficient (Wildman–Crippen LogP) is -4.41. The number of H-pyrrole nitrogens is 1. The van der Waals surface area contributed by atoms with Crippen molar-refractivity contribution >= 4 is 11.3 Å². The number of nitrogens with one attached hydrogen (secondary N) is 1. The van der Waals surface area contributed by atoms with E-state index in [4.69, 9.17) is 37.3 Å². The zero-order chi connectivity index (χ0) is 24.0. The summed E-state index contributed by atoms with van der Waals surface area (Å²) in [6.07, 6.45) is 3.97. The quantitative estimate of drug-likeness (QED) is 0.360. The Bertz CT molecular complexity index is 726. The van der Waals surface area contributed by atoms with Gasteiger partial charge in [0.25, 0.3) is 0 Å². The van der Waals surface area contributed by atoms with Crippen molar-refractivity contribution in [1.82, 2.24) is 0 Å². The topological polar surface area (TPSA) is 199 Å². The van der Waals surface area contributed by atoms with Crippen LogP contribution in [0.3, 0.4) is 0 Å². The summed E-state index contributed by atoms with van der Waals surface area (Å²) in [6.45, 7) is 13.7. The predicted molar refractivity (Wildman–Crippen MR) is 88.1 cm³/mol. The highest BCUT2D eigenvalue weighted by Crippen LogP contribution is 2.37. The molecule has 2 aromatic rings. The molecule has 0 amide bonds. The summed E-state index contributed by atoms with van der Waals surface area (Å²) in [5, 5.41) is 0. The number of aromatic nitrogens is 1. The van der Waals surface area contributed by atoms with E-state index >= 15 is 0 Å². The zero-order valence-electron chi connectivity index (χ0n) is 17.4. The van der Waals surface area contributed by atoms with E-state index in [2.05, 4.69) is 70.8 Å². The molecule has 0 aliphatic heterocycles. The summed E-state index contributed by atoms with van der Waals surface area (Å²) < 4.78 is 67.9. The lowest BCUT2D eigenvalue weighted by Gasteiger charge is -2.17. The van der Waals surface area contributed by atoms with Crippen molar-refractivity contribution in [2.45, 2.75) is 52.4 Å². The Morgan fingerprint density at radius 3 is 1.20 bits per heavy atom. The maximum Gasteiger partial charge on any atom is 0.219 e. The van der Waals surface area contributed by atoms with Crippen LogP contribution >= 0.6 is 11.3 Å². The Labute approximate surface area is 184 Å². The van der Waals surface area contributed by atoms with E-state index < -0.39 is 20.5 Å². The number of hydrogen-bond donors (Lipinski definition) is 0. The van der Waals surface area contributed by atoms with Gasteiger partial charge in [-0.3, -0.25) is 0 Å². The highest BCUT2D eigenvalue weighted by molar-refractivity contribution is 7.12. The van der Waals surface area contributed by atoms with Crippen LogP contribution in [0.25, 0.3) is 11.1 Å². The molecular weight excluding hydrogens is 461 g/mol. The molecule has 0 aromatic carbocycles. The van der Waals surface area contributed by atoms with Crippen LogP contribution in [0, 0.1) is 20.5 Å². The van der Waals surface area contributed by atoms with Crippen LogP contribution in [0.1, 0.15) is 51.3 Å². The first-order valence-electron chi connectivity index (χ1n) is 8.37. The molecular formula is C18H25Cl2NO8S. The van der Waals surface area contributed by atoms with E-state index in [1.807, 2.05) is 23.7 Å². The molecule has 0 aliphatic carbocycles. The van der Waals surface area contributed by atoms with Gasteiger partial charge in [0.15, 0.2) is 12.4 Å². The summed E-state index contributed by atoms with van der Waals surface area (Å²) in [5.74, 6) is 0. The van der Waals surface area contributed by atoms with E-state index in [0.29, 0.717) is 0 Å². The Morgan fingerprint density at radius 1 is 0.633 bits per heavy atom. The molecule has 1 N–H and O–H groups in total. The van der Waals surface area contributed by atoms with Crippen LogP contribution in [0.2, 0.25) is 0 Å². The van der Waals surface area contributed by atoms with Gasteiger partial charge in [-0.25, -0.2) is 42.3 Å².